The van der Waals surface area contributed by atoms with Crippen LogP contribution in [0.25, 0.3) is 10.9 Å². The van der Waals surface area contributed by atoms with Crippen LogP contribution in [0, 0.1) is 5.82 Å². The first kappa shape index (κ1) is 14.2. The van der Waals surface area contributed by atoms with Gasteiger partial charge in [-0.1, -0.05) is 0 Å². The Morgan fingerprint density at radius 2 is 1.77 bits per heavy atom. The lowest BCUT2D eigenvalue weighted by molar-refractivity contribution is -0.137. The summed E-state index contributed by atoms with van der Waals surface area (Å²) in [5.41, 5.74) is 0.203. The Bertz CT molecular complexity index is 813. The lowest BCUT2D eigenvalue weighted by Crippen LogP contribution is -2.05. The smallest absolute Gasteiger partial charge is 0.340 e. The zero-order valence-electron chi connectivity index (χ0n) is 11.0. The van der Waals surface area contributed by atoms with Crippen LogP contribution < -0.4 is 5.32 Å². The van der Waals surface area contributed by atoms with Gasteiger partial charge >= 0.3 is 6.18 Å². The number of nitrogens with one attached hydrogen (secondary N) is 1. The number of benzene rings is 1. The normalized spacial score (nSPS) is 11.6. The summed E-state index contributed by atoms with van der Waals surface area (Å²) in [5, 5.41) is 3.55. The highest BCUT2D eigenvalue weighted by atomic mass is 19.4. The standard InChI is InChI=1S/C15H9F4N3/c16-10-2-3-11-12(5-6-20-13(11)7-10)22-14-4-1-9(8-21-14)15(17,18)19/h1-8H,(H,20,21,22). The van der Waals surface area contributed by atoms with Crippen LogP contribution >= 0.6 is 0 Å². The topological polar surface area (TPSA) is 37.8 Å². The highest BCUT2D eigenvalue weighted by Gasteiger charge is 2.30. The van der Waals surface area contributed by atoms with Crippen LogP contribution in [-0.2, 0) is 6.18 Å². The van der Waals surface area contributed by atoms with E-state index in [4.69, 9.17) is 0 Å². The van der Waals surface area contributed by atoms with E-state index < -0.39 is 17.6 Å². The summed E-state index contributed by atoms with van der Waals surface area (Å²) < 4.78 is 50.6. The van der Waals surface area contributed by atoms with Crippen LogP contribution in [0.4, 0.5) is 29.1 Å². The molecule has 0 spiro atoms. The van der Waals surface area contributed by atoms with Gasteiger partial charge < -0.3 is 5.32 Å². The number of hydrogen-bond acceptors (Lipinski definition) is 3. The second-order valence-electron chi connectivity index (χ2n) is 4.57. The number of anilines is 2. The Morgan fingerprint density at radius 3 is 2.45 bits per heavy atom. The van der Waals surface area contributed by atoms with E-state index >= 15 is 0 Å². The summed E-state index contributed by atoms with van der Waals surface area (Å²) in [4.78, 5) is 7.78. The highest BCUT2D eigenvalue weighted by molar-refractivity contribution is 5.92. The molecule has 3 aromatic rings. The second-order valence-corrected chi connectivity index (χ2v) is 4.57. The Balaban J connectivity index is 1.93. The lowest BCUT2D eigenvalue weighted by Gasteiger charge is -2.10. The average Bonchev–Trinajstić information content (AvgIpc) is 2.47. The molecule has 0 radical (unpaired) electrons. The molecule has 0 atom stereocenters. The molecule has 0 unspecified atom stereocenters. The summed E-state index contributed by atoms with van der Waals surface area (Å²) in [5.74, 6) is -0.158. The summed E-state index contributed by atoms with van der Waals surface area (Å²) in [7, 11) is 0. The van der Waals surface area contributed by atoms with Gasteiger partial charge in [0.1, 0.15) is 11.6 Å². The lowest BCUT2D eigenvalue weighted by atomic mass is 10.2. The fourth-order valence-corrected chi connectivity index (χ4v) is 2.00. The van der Waals surface area contributed by atoms with Crippen molar-refractivity contribution in [1.29, 1.82) is 0 Å². The molecule has 1 aromatic carbocycles. The van der Waals surface area contributed by atoms with Crippen molar-refractivity contribution >= 4 is 22.4 Å². The monoisotopic (exact) mass is 307 g/mol. The molecular formula is C15H9F4N3. The predicted octanol–water partition coefficient (Wildman–Crippen LogP) is 4.53. The fourth-order valence-electron chi connectivity index (χ4n) is 2.00. The van der Waals surface area contributed by atoms with E-state index in [1.807, 2.05) is 0 Å². The van der Waals surface area contributed by atoms with Crippen molar-refractivity contribution in [2.24, 2.45) is 0 Å². The Kier molecular flexibility index (Phi) is 3.40. The van der Waals surface area contributed by atoms with Crippen molar-refractivity contribution in [2.45, 2.75) is 6.18 Å². The van der Waals surface area contributed by atoms with Gasteiger partial charge in [-0.15, -0.1) is 0 Å². The molecule has 0 amide bonds. The zero-order valence-corrected chi connectivity index (χ0v) is 11.0. The van der Waals surface area contributed by atoms with E-state index in [2.05, 4.69) is 15.3 Å². The Labute approximate surface area is 122 Å². The fraction of sp³-hybridized carbons (Fsp3) is 0.0667. The third kappa shape index (κ3) is 2.83. The van der Waals surface area contributed by atoms with Gasteiger partial charge in [-0.3, -0.25) is 4.98 Å². The molecule has 3 rings (SSSR count). The van der Waals surface area contributed by atoms with Crippen molar-refractivity contribution in [2.75, 3.05) is 5.32 Å². The Morgan fingerprint density at radius 1 is 0.955 bits per heavy atom. The largest absolute Gasteiger partial charge is 0.417 e. The van der Waals surface area contributed by atoms with Gasteiger partial charge in [-0.25, -0.2) is 9.37 Å². The molecule has 2 heterocycles. The van der Waals surface area contributed by atoms with Crippen LogP contribution in [0.1, 0.15) is 5.56 Å². The van der Waals surface area contributed by atoms with Crippen LogP contribution in [0.2, 0.25) is 0 Å². The van der Waals surface area contributed by atoms with Gasteiger partial charge in [0.2, 0.25) is 0 Å². The molecule has 2 aromatic heterocycles. The van der Waals surface area contributed by atoms with Crippen molar-refractivity contribution in [3.63, 3.8) is 0 Å². The maximum absolute atomic E-state index is 13.2. The average molecular weight is 307 g/mol. The molecule has 0 aliphatic heterocycles. The first-order chi connectivity index (χ1) is 10.4. The SMILES string of the molecule is Fc1ccc2c(Nc3ccc(C(F)(F)F)cn3)ccnc2c1. The van der Waals surface area contributed by atoms with Crippen molar-refractivity contribution in [1.82, 2.24) is 9.97 Å². The molecular weight excluding hydrogens is 298 g/mol. The molecule has 0 saturated carbocycles. The van der Waals surface area contributed by atoms with E-state index in [-0.39, 0.29) is 5.82 Å². The highest BCUT2D eigenvalue weighted by Crippen LogP contribution is 2.30. The van der Waals surface area contributed by atoms with Gasteiger partial charge in [-0.2, -0.15) is 13.2 Å². The minimum Gasteiger partial charge on any atom is -0.340 e. The van der Waals surface area contributed by atoms with E-state index in [0.717, 1.165) is 12.3 Å². The van der Waals surface area contributed by atoms with Crippen LogP contribution in [0.15, 0.2) is 48.8 Å². The number of aromatic nitrogens is 2. The summed E-state index contributed by atoms with van der Waals surface area (Å²) >= 11 is 0. The number of hydrogen-bond donors (Lipinski definition) is 1. The maximum atomic E-state index is 13.2. The number of pyridine rings is 2. The number of halogens is 4. The molecule has 22 heavy (non-hydrogen) atoms. The minimum absolute atomic E-state index is 0.254. The van der Waals surface area contributed by atoms with Gasteiger partial charge in [0.05, 0.1) is 16.8 Å². The van der Waals surface area contributed by atoms with Gasteiger partial charge in [-0.05, 0) is 30.3 Å². The second kappa shape index (κ2) is 5.25. The van der Waals surface area contributed by atoms with Gasteiger partial charge in [0.15, 0.2) is 0 Å². The summed E-state index contributed by atoms with van der Waals surface area (Å²) in [6, 6.07) is 7.93. The summed E-state index contributed by atoms with van der Waals surface area (Å²) in [6.07, 6.45) is -2.19. The van der Waals surface area contributed by atoms with E-state index in [1.165, 1.54) is 24.4 Å². The van der Waals surface area contributed by atoms with Crippen molar-refractivity contribution in [3.8, 4) is 0 Å². The zero-order chi connectivity index (χ0) is 15.7. The number of rotatable bonds is 2. The molecule has 7 heteroatoms. The summed E-state index contributed by atoms with van der Waals surface area (Å²) in [6.45, 7) is 0. The maximum Gasteiger partial charge on any atom is 0.417 e. The number of nitrogens with zero attached hydrogens (tertiary/aromatic N) is 2. The molecule has 0 aliphatic carbocycles. The first-order valence-corrected chi connectivity index (χ1v) is 6.28. The number of alkyl halides is 3. The quantitative estimate of drug-likeness (QED) is 0.707. The number of fused-ring (bicyclic) bond motifs is 1. The van der Waals surface area contributed by atoms with Gasteiger partial charge in [0, 0.05) is 23.8 Å². The van der Waals surface area contributed by atoms with Crippen molar-refractivity contribution < 1.29 is 17.6 Å². The Hall–Kier alpha value is -2.70. The van der Waals surface area contributed by atoms with Crippen LogP contribution in [0.5, 0.6) is 0 Å². The molecule has 3 nitrogen and oxygen atoms in total. The molecule has 0 saturated heterocycles. The van der Waals surface area contributed by atoms with E-state index in [0.29, 0.717) is 16.6 Å². The molecule has 1 N–H and O–H groups in total. The third-order valence-electron chi connectivity index (χ3n) is 3.06. The van der Waals surface area contributed by atoms with Crippen LogP contribution in [0.3, 0.4) is 0 Å². The van der Waals surface area contributed by atoms with Crippen LogP contribution in [-0.4, -0.2) is 9.97 Å². The third-order valence-corrected chi connectivity index (χ3v) is 3.06. The molecule has 0 bridgehead atoms. The van der Waals surface area contributed by atoms with Crippen molar-refractivity contribution in [3.05, 3.63) is 60.2 Å². The molecule has 0 fully saturated rings. The van der Waals surface area contributed by atoms with E-state index in [1.54, 1.807) is 12.1 Å². The van der Waals surface area contributed by atoms with Gasteiger partial charge in [0.25, 0.3) is 0 Å². The molecule has 112 valence electrons. The van der Waals surface area contributed by atoms with E-state index in [9.17, 15) is 17.6 Å². The molecule has 0 aliphatic rings. The first-order valence-electron chi connectivity index (χ1n) is 6.28. The predicted molar refractivity (Wildman–Crippen MR) is 74.2 cm³/mol. The minimum atomic E-state index is -4.42.